The second-order valence-corrected chi connectivity index (χ2v) is 8.00. The van der Waals surface area contributed by atoms with E-state index in [2.05, 4.69) is 34.8 Å². The van der Waals surface area contributed by atoms with E-state index in [1.54, 1.807) is 0 Å². The summed E-state index contributed by atoms with van der Waals surface area (Å²) >= 11 is 0. The summed E-state index contributed by atoms with van der Waals surface area (Å²) < 4.78 is 6.05. The molecule has 0 radical (unpaired) electrons. The average Bonchev–Trinajstić information content (AvgIpc) is 3.50. The first-order valence-corrected chi connectivity index (χ1v) is 10.6. The number of ether oxygens (including phenoxy) is 1. The number of amides is 1. The molecule has 0 heterocycles. The highest BCUT2D eigenvalue weighted by atomic mass is 127. The second-order valence-electron chi connectivity index (χ2n) is 8.00. The molecule has 3 fully saturated rings. The van der Waals surface area contributed by atoms with Gasteiger partial charge in [-0.05, 0) is 46.0 Å². The van der Waals surface area contributed by atoms with Crippen LogP contribution in [-0.4, -0.2) is 50.3 Å². The van der Waals surface area contributed by atoms with E-state index in [1.165, 1.54) is 32.1 Å². The maximum absolute atomic E-state index is 11.7. The minimum absolute atomic E-state index is 0. The fraction of sp³-hybridized carbons (Fsp3) is 0.900. The van der Waals surface area contributed by atoms with Crippen LogP contribution in [0.25, 0.3) is 0 Å². The van der Waals surface area contributed by atoms with Crippen molar-refractivity contribution in [2.45, 2.75) is 77.4 Å². The first-order valence-electron chi connectivity index (χ1n) is 10.6. The summed E-state index contributed by atoms with van der Waals surface area (Å²) in [6.07, 6.45) is 10.0. The quantitative estimate of drug-likeness (QED) is 0.211. The van der Waals surface area contributed by atoms with Crippen molar-refractivity contribution in [3.63, 3.8) is 0 Å². The molecule has 0 bridgehead atoms. The Morgan fingerprint density at radius 3 is 2.52 bits per heavy atom. The molecule has 6 nitrogen and oxygen atoms in total. The van der Waals surface area contributed by atoms with Crippen LogP contribution in [0.3, 0.4) is 0 Å². The Balaban J connectivity index is 0.00000261. The third-order valence-corrected chi connectivity index (χ3v) is 6.22. The maximum atomic E-state index is 11.7. The van der Waals surface area contributed by atoms with Crippen LogP contribution in [-0.2, 0) is 9.53 Å². The molecular formula is C20H37IN4O2. The SMILES string of the molecule is CCNC(=NCCNC(=O)C1CC1)NC1CC(OCC)C12CCCCC2.I. The smallest absolute Gasteiger partial charge is 0.223 e. The van der Waals surface area contributed by atoms with Crippen molar-refractivity contribution in [3.8, 4) is 0 Å². The normalized spacial score (nSPS) is 26.7. The highest BCUT2D eigenvalue weighted by molar-refractivity contribution is 14.0. The zero-order valence-corrected chi connectivity index (χ0v) is 19.2. The summed E-state index contributed by atoms with van der Waals surface area (Å²) in [5.74, 6) is 1.33. The van der Waals surface area contributed by atoms with Crippen LogP contribution in [0.2, 0.25) is 0 Å². The van der Waals surface area contributed by atoms with E-state index >= 15 is 0 Å². The third kappa shape index (κ3) is 5.71. The monoisotopic (exact) mass is 492 g/mol. The Labute approximate surface area is 181 Å². The van der Waals surface area contributed by atoms with E-state index < -0.39 is 0 Å². The third-order valence-electron chi connectivity index (χ3n) is 6.22. The molecule has 3 N–H and O–H groups in total. The molecule has 27 heavy (non-hydrogen) atoms. The molecule has 0 saturated heterocycles. The number of carbonyl (C=O) groups is 1. The minimum atomic E-state index is 0. The van der Waals surface area contributed by atoms with Crippen LogP contribution in [0.15, 0.2) is 4.99 Å². The standard InChI is InChI=1S/C20H36N4O2.HI/c1-3-21-19(23-13-12-22-18(25)15-8-9-15)24-16-14-17(26-4-2)20(16)10-6-5-7-11-20;/h15-17H,3-14H2,1-2H3,(H,22,25)(H2,21,23,24);1H. The van der Waals surface area contributed by atoms with E-state index in [0.717, 1.165) is 38.4 Å². The van der Waals surface area contributed by atoms with E-state index in [4.69, 9.17) is 4.74 Å². The number of nitrogens with zero attached hydrogens (tertiary/aromatic N) is 1. The van der Waals surface area contributed by atoms with E-state index in [0.29, 0.717) is 25.2 Å². The van der Waals surface area contributed by atoms with E-state index in [9.17, 15) is 4.79 Å². The van der Waals surface area contributed by atoms with Crippen molar-refractivity contribution in [1.82, 2.24) is 16.0 Å². The van der Waals surface area contributed by atoms with Crippen LogP contribution >= 0.6 is 24.0 Å². The number of hydrogen-bond donors (Lipinski definition) is 3. The lowest BCUT2D eigenvalue weighted by molar-refractivity contribution is -0.145. The highest BCUT2D eigenvalue weighted by Crippen LogP contribution is 2.53. The van der Waals surface area contributed by atoms with Gasteiger partial charge in [0.1, 0.15) is 0 Å². The Morgan fingerprint density at radius 1 is 1.15 bits per heavy atom. The first-order chi connectivity index (χ1) is 12.7. The fourth-order valence-corrected chi connectivity index (χ4v) is 4.59. The maximum Gasteiger partial charge on any atom is 0.223 e. The van der Waals surface area contributed by atoms with Gasteiger partial charge in [-0.3, -0.25) is 9.79 Å². The van der Waals surface area contributed by atoms with Gasteiger partial charge >= 0.3 is 0 Å². The zero-order chi connectivity index (χ0) is 18.4. The number of hydrogen-bond acceptors (Lipinski definition) is 3. The van der Waals surface area contributed by atoms with Gasteiger partial charge < -0.3 is 20.7 Å². The molecule has 0 aliphatic heterocycles. The van der Waals surface area contributed by atoms with Gasteiger partial charge in [0.25, 0.3) is 0 Å². The Morgan fingerprint density at radius 2 is 1.89 bits per heavy atom. The second kappa shape index (κ2) is 10.8. The summed E-state index contributed by atoms with van der Waals surface area (Å²) in [6.45, 7) is 7.06. The molecule has 1 amide bonds. The summed E-state index contributed by atoms with van der Waals surface area (Å²) in [4.78, 5) is 16.4. The van der Waals surface area contributed by atoms with Gasteiger partial charge in [-0.2, -0.15) is 0 Å². The minimum Gasteiger partial charge on any atom is -0.378 e. The Kier molecular flexibility index (Phi) is 9.11. The molecular weight excluding hydrogens is 455 g/mol. The molecule has 1 spiro atoms. The molecule has 156 valence electrons. The molecule has 2 unspecified atom stereocenters. The summed E-state index contributed by atoms with van der Waals surface area (Å²) in [6, 6.07) is 0.443. The molecule has 3 aliphatic rings. The molecule has 7 heteroatoms. The van der Waals surface area contributed by atoms with Crippen molar-refractivity contribution >= 4 is 35.8 Å². The van der Waals surface area contributed by atoms with Gasteiger partial charge in [-0.1, -0.05) is 19.3 Å². The number of guanidine groups is 1. The Bertz CT molecular complexity index is 504. The first kappa shape index (κ1) is 22.7. The van der Waals surface area contributed by atoms with Crippen LogP contribution < -0.4 is 16.0 Å². The molecule has 0 aromatic rings. The van der Waals surface area contributed by atoms with Crippen LogP contribution in [0.4, 0.5) is 0 Å². The summed E-state index contributed by atoms with van der Waals surface area (Å²) in [5, 5.41) is 10.0. The number of halogens is 1. The number of carbonyl (C=O) groups excluding carboxylic acids is 1. The van der Waals surface area contributed by atoms with Crippen molar-refractivity contribution in [2.24, 2.45) is 16.3 Å². The number of nitrogens with one attached hydrogen (secondary N) is 3. The van der Waals surface area contributed by atoms with Crippen LogP contribution in [0.5, 0.6) is 0 Å². The van der Waals surface area contributed by atoms with Gasteiger partial charge in [0.2, 0.25) is 5.91 Å². The van der Waals surface area contributed by atoms with Crippen molar-refractivity contribution < 1.29 is 9.53 Å². The van der Waals surface area contributed by atoms with Crippen LogP contribution in [0, 0.1) is 11.3 Å². The summed E-state index contributed by atoms with van der Waals surface area (Å²) in [7, 11) is 0. The molecule has 0 aromatic carbocycles. The highest BCUT2D eigenvalue weighted by Gasteiger charge is 2.55. The molecule has 3 saturated carbocycles. The van der Waals surface area contributed by atoms with E-state index in [1.807, 2.05) is 0 Å². The van der Waals surface area contributed by atoms with E-state index in [-0.39, 0.29) is 41.2 Å². The van der Waals surface area contributed by atoms with Crippen LogP contribution in [0.1, 0.15) is 65.2 Å². The molecule has 2 atom stereocenters. The van der Waals surface area contributed by atoms with Crippen molar-refractivity contribution in [2.75, 3.05) is 26.2 Å². The number of rotatable bonds is 8. The Hall–Kier alpha value is -0.570. The van der Waals surface area contributed by atoms with Crippen molar-refractivity contribution in [3.05, 3.63) is 0 Å². The predicted molar refractivity (Wildman–Crippen MR) is 120 cm³/mol. The predicted octanol–water partition coefficient (Wildman–Crippen LogP) is 2.81. The fourth-order valence-electron chi connectivity index (χ4n) is 4.59. The van der Waals surface area contributed by atoms with Gasteiger partial charge in [-0.15, -0.1) is 24.0 Å². The molecule has 0 aromatic heterocycles. The van der Waals surface area contributed by atoms with Gasteiger partial charge in [0.05, 0.1) is 12.6 Å². The lowest BCUT2D eigenvalue weighted by atomic mass is 9.55. The lowest BCUT2D eigenvalue weighted by Gasteiger charge is -2.58. The largest absolute Gasteiger partial charge is 0.378 e. The average molecular weight is 492 g/mol. The van der Waals surface area contributed by atoms with Gasteiger partial charge in [0, 0.05) is 37.1 Å². The number of aliphatic imine (C=N–C) groups is 1. The van der Waals surface area contributed by atoms with Gasteiger partial charge in [0.15, 0.2) is 5.96 Å². The molecule has 3 rings (SSSR count). The molecule has 3 aliphatic carbocycles. The zero-order valence-electron chi connectivity index (χ0n) is 16.9. The van der Waals surface area contributed by atoms with Crippen molar-refractivity contribution in [1.29, 1.82) is 0 Å². The lowest BCUT2D eigenvalue weighted by Crippen LogP contribution is -2.66. The topological polar surface area (TPSA) is 74.8 Å². The van der Waals surface area contributed by atoms with Gasteiger partial charge in [-0.25, -0.2) is 0 Å². The summed E-state index contributed by atoms with van der Waals surface area (Å²) in [5.41, 5.74) is 0.282.